The quantitative estimate of drug-likeness (QED) is 0.489. The maximum Gasteiger partial charge on any atom is 0.251 e. The van der Waals surface area contributed by atoms with Crippen LogP contribution in [0.3, 0.4) is 0 Å². The molecule has 2 amide bonds. The van der Waals surface area contributed by atoms with Crippen molar-refractivity contribution in [2.75, 3.05) is 12.3 Å². The topological polar surface area (TPSA) is 58.2 Å². The molecule has 2 N–H and O–H groups in total. The second kappa shape index (κ2) is 10.8. The molecule has 7 heteroatoms. The van der Waals surface area contributed by atoms with Gasteiger partial charge in [-0.05, 0) is 66.6 Å². The number of hydrogen-bond donors (Lipinski definition) is 2. The van der Waals surface area contributed by atoms with Crippen LogP contribution in [0.15, 0.2) is 53.4 Å². The Bertz CT molecular complexity index is 780. The van der Waals surface area contributed by atoms with Gasteiger partial charge in [-0.1, -0.05) is 13.8 Å². The van der Waals surface area contributed by atoms with Crippen LogP contribution in [0.4, 0.5) is 8.78 Å². The molecule has 0 aromatic heterocycles. The van der Waals surface area contributed by atoms with Gasteiger partial charge in [-0.3, -0.25) is 9.59 Å². The third kappa shape index (κ3) is 6.96. The Labute approximate surface area is 168 Å². The molecule has 0 saturated carbocycles. The van der Waals surface area contributed by atoms with E-state index in [1.807, 2.05) is 13.8 Å². The average molecular weight is 406 g/mol. The Hall–Kier alpha value is -2.41. The molecular weight excluding hydrogens is 382 g/mol. The van der Waals surface area contributed by atoms with E-state index in [1.54, 1.807) is 23.9 Å². The summed E-state index contributed by atoms with van der Waals surface area (Å²) in [5.74, 6) is -0.677. The van der Waals surface area contributed by atoms with Gasteiger partial charge in [-0.2, -0.15) is 0 Å². The first-order chi connectivity index (χ1) is 13.4. The molecule has 0 heterocycles. The van der Waals surface area contributed by atoms with Crippen molar-refractivity contribution in [3.63, 3.8) is 0 Å². The number of benzene rings is 2. The summed E-state index contributed by atoms with van der Waals surface area (Å²) in [6, 6.07) is 10.8. The highest BCUT2D eigenvalue weighted by Crippen LogP contribution is 2.18. The minimum atomic E-state index is -0.678. The summed E-state index contributed by atoms with van der Waals surface area (Å²) in [4.78, 5) is 25.7. The number of carbonyl (C=O) groups is 2. The molecule has 0 fully saturated rings. The molecule has 2 aromatic carbocycles. The monoisotopic (exact) mass is 406 g/mol. The first-order valence-corrected chi connectivity index (χ1v) is 10.1. The van der Waals surface area contributed by atoms with Crippen molar-refractivity contribution >= 4 is 23.6 Å². The van der Waals surface area contributed by atoms with Crippen LogP contribution >= 0.6 is 11.8 Å². The summed E-state index contributed by atoms with van der Waals surface area (Å²) in [5, 5.41) is 5.55. The van der Waals surface area contributed by atoms with Gasteiger partial charge in [-0.25, -0.2) is 8.78 Å². The average Bonchev–Trinajstić information content (AvgIpc) is 2.67. The molecule has 0 aliphatic heterocycles. The molecule has 0 aliphatic rings. The molecular formula is C21H24F2N2O2S. The SMILES string of the molecule is CC(C)C(NC(=O)c1ccc(F)cc1)C(=O)NCCCSc1ccc(F)cc1. The van der Waals surface area contributed by atoms with Crippen LogP contribution in [0.2, 0.25) is 0 Å². The van der Waals surface area contributed by atoms with Crippen LogP contribution in [-0.4, -0.2) is 30.2 Å². The van der Waals surface area contributed by atoms with Gasteiger partial charge in [0.1, 0.15) is 17.7 Å². The maximum atomic E-state index is 13.0. The fraction of sp³-hybridized carbons (Fsp3) is 0.333. The molecule has 2 aromatic rings. The normalized spacial score (nSPS) is 11.9. The van der Waals surface area contributed by atoms with E-state index in [9.17, 15) is 18.4 Å². The van der Waals surface area contributed by atoms with Crippen LogP contribution in [0, 0.1) is 17.6 Å². The third-order valence-corrected chi connectivity index (χ3v) is 5.14. The molecule has 0 aliphatic carbocycles. The van der Waals surface area contributed by atoms with Gasteiger partial charge in [0.15, 0.2) is 0 Å². The van der Waals surface area contributed by atoms with E-state index in [4.69, 9.17) is 0 Å². The fourth-order valence-electron chi connectivity index (χ4n) is 2.48. The molecule has 0 radical (unpaired) electrons. The van der Waals surface area contributed by atoms with Crippen LogP contribution in [-0.2, 0) is 4.79 Å². The Kier molecular flexibility index (Phi) is 8.44. The molecule has 150 valence electrons. The largest absolute Gasteiger partial charge is 0.354 e. The van der Waals surface area contributed by atoms with E-state index in [1.165, 1.54) is 36.4 Å². The minimum Gasteiger partial charge on any atom is -0.354 e. The highest BCUT2D eigenvalue weighted by Gasteiger charge is 2.24. The molecule has 4 nitrogen and oxygen atoms in total. The number of halogens is 2. The summed E-state index contributed by atoms with van der Waals surface area (Å²) >= 11 is 1.59. The number of hydrogen-bond acceptors (Lipinski definition) is 3. The van der Waals surface area contributed by atoms with Crippen molar-refractivity contribution < 1.29 is 18.4 Å². The predicted octanol–water partition coefficient (Wildman–Crippen LogP) is 4.02. The van der Waals surface area contributed by atoms with Crippen molar-refractivity contribution in [2.45, 2.75) is 31.2 Å². The van der Waals surface area contributed by atoms with Gasteiger partial charge < -0.3 is 10.6 Å². The molecule has 0 saturated heterocycles. The molecule has 0 bridgehead atoms. The van der Waals surface area contributed by atoms with Crippen molar-refractivity contribution in [3.05, 3.63) is 65.7 Å². The van der Waals surface area contributed by atoms with Gasteiger partial charge in [0, 0.05) is 17.0 Å². The lowest BCUT2D eigenvalue weighted by atomic mass is 10.0. The molecule has 1 atom stereocenters. The Morgan fingerprint density at radius 2 is 1.54 bits per heavy atom. The van der Waals surface area contributed by atoms with Gasteiger partial charge in [0.05, 0.1) is 0 Å². The molecule has 0 spiro atoms. The van der Waals surface area contributed by atoms with Crippen molar-refractivity contribution in [2.24, 2.45) is 5.92 Å². The lowest BCUT2D eigenvalue weighted by Crippen LogP contribution is -2.49. The minimum absolute atomic E-state index is 0.0991. The van der Waals surface area contributed by atoms with Gasteiger partial charge in [0.25, 0.3) is 5.91 Å². The van der Waals surface area contributed by atoms with Crippen molar-refractivity contribution in [3.8, 4) is 0 Å². The first-order valence-electron chi connectivity index (χ1n) is 9.09. The lowest BCUT2D eigenvalue weighted by Gasteiger charge is -2.21. The van der Waals surface area contributed by atoms with E-state index in [0.29, 0.717) is 12.1 Å². The number of carbonyl (C=O) groups excluding carboxylic acids is 2. The van der Waals surface area contributed by atoms with Gasteiger partial charge in [0.2, 0.25) is 5.91 Å². The summed E-state index contributed by atoms with van der Waals surface area (Å²) in [7, 11) is 0. The van der Waals surface area contributed by atoms with Gasteiger partial charge in [-0.15, -0.1) is 11.8 Å². The smallest absolute Gasteiger partial charge is 0.251 e. The second-order valence-electron chi connectivity index (χ2n) is 6.65. The highest BCUT2D eigenvalue weighted by atomic mass is 32.2. The van der Waals surface area contributed by atoms with E-state index >= 15 is 0 Å². The fourth-order valence-corrected chi connectivity index (χ4v) is 3.33. The van der Waals surface area contributed by atoms with Crippen molar-refractivity contribution in [1.29, 1.82) is 0 Å². The number of amides is 2. The Morgan fingerprint density at radius 3 is 2.11 bits per heavy atom. The van der Waals surface area contributed by atoms with Crippen molar-refractivity contribution in [1.82, 2.24) is 10.6 Å². The standard InChI is InChI=1S/C21H24F2N2O2S/c1-14(2)19(25-20(26)15-4-6-16(22)7-5-15)21(27)24-12-3-13-28-18-10-8-17(23)9-11-18/h4-11,14,19H,3,12-13H2,1-2H3,(H,24,27)(H,25,26). The summed E-state index contributed by atoms with van der Waals surface area (Å²) < 4.78 is 25.9. The van der Waals surface area contributed by atoms with Crippen LogP contribution in [0.5, 0.6) is 0 Å². The van der Waals surface area contributed by atoms with Crippen LogP contribution in [0.25, 0.3) is 0 Å². The van der Waals surface area contributed by atoms with Crippen LogP contribution < -0.4 is 10.6 Å². The number of rotatable bonds is 9. The molecule has 28 heavy (non-hydrogen) atoms. The molecule has 1 unspecified atom stereocenters. The first kappa shape index (κ1) is 21.9. The third-order valence-electron chi connectivity index (χ3n) is 4.04. The summed E-state index contributed by atoms with van der Waals surface area (Å²) in [6.07, 6.45) is 0.741. The van der Waals surface area contributed by atoms with E-state index in [2.05, 4.69) is 10.6 Å². The van der Waals surface area contributed by atoms with E-state index < -0.39 is 17.8 Å². The number of nitrogens with one attached hydrogen (secondary N) is 2. The Balaban J connectivity index is 1.77. The lowest BCUT2D eigenvalue weighted by molar-refractivity contribution is -0.123. The van der Waals surface area contributed by atoms with Crippen LogP contribution in [0.1, 0.15) is 30.6 Å². The summed E-state index contributed by atoms with van der Waals surface area (Å²) in [5.41, 5.74) is 0.301. The highest BCUT2D eigenvalue weighted by molar-refractivity contribution is 7.99. The zero-order chi connectivity index (χ0) is 20.5. The Morgan fingerprint density at radius 1 is 0.964 bits per heavy atom. The van der Waals surface area contributed by atoms with E-state index in [-0.39, 0.29) is 17.6 Å². The zero-order valence-electron chi connectivity index (χ0n) is 15.9. The van der Waals surface area contributed by atoms with Gasteiger partial charge >= 0.3 is 0 Å². The predicted molar refractivity (Wildman–Crippen MR) is 107 cm³/mol. The zero-order valence-corrected chi connectivity index (χ0v) is 16.7. The molecule has 2 rings (SSSR count). The maximum absolute atomic E-state index is 13.0. The number of thioether (sulfide) groups is 1. The second-order valence-corrected chi connectivity index (χ2v) is 7.82. The summed E-state index contributed by atoms with van der Waals surface area (Å²) in [6.45, 7) is 4.17. The van der Waals surface area contributed by atoms with E-state index in [0.717, 1.165) is 17.1 Å².